The van der Waals surface area contributed by atoms with Crippen LogP contribution in [0.2, 0.25) is 0 Å². The quantitative estimate of drug-likeness (QED) is 0.699. The molecular weight excluding hydrogens is 228 g/mol. The lowest BCUT2D eigenvalue weighted by Gasteiger charge is -1.99. The van der Waals surface area contributed by atoms with Crippen molar-refractivity contribution in [2.24, 2.45) is 12.8 Å². The Morgan fingerprint density at radius 3 is 2.69 bits per heavy atom. The molecule has 2 heterocycles. The third-order valence-corrected chi connectivity index (χ3v) is 2.88. The minimum absolute atomic E-state index is 0.263. The topological polar surface area (TPSA) is 102 Å². The molecule has 0 amide bonds. The Labute approximate surface area is 95.1 Å². The van der Waals surface area contributed by atoms with Gasteiger partial charge in [0.25, 0.3) is 0 Å². The molecule has 16 heavy (non-hydrogen) atoms. The van der Waals surface area contributed by atoms with E-state index in [-0.39, 0.29) is 5.69 Å². The van der Waals surface area contributed by atoms with E-state index in [4.69, 9.17) is 5.73 Å². The van der Waals surface area contributed by atoms with Crippen molar-refractivity contribution in [1.82, 2.24) is 24.7 Å². The first-order valence-corrected chi connectivity index (χ1v) is 5.32. The summed E-state index contributed by atoms with van der Waals surface area (Å²) in [5.74, 6) is 0. The minimum Gasteiger partial charge on any atom is -0.326 e. The van der Waals surface area contributed by atoms with Crippen molar-refractivity contribution >= 4 is 11.8 Å². The highest BCUT2D eigenvalue weighted by molar-refractivity contribution is 7.99. The SMILES string of the molecule is Cn1c(Sc2ncc(CN)cn2)n[nH]c1=O. The second-order valence-corrected chi connectivity index (χ2v) is 3.98. The van der Waals surface area contributed by atoms with Crippen LogP contribution in [0.15, 0.2) is 27.5 Å². The van der Waals surface area contributed by atoms with Gasteiger partial charge in [0, 0.05) is 31.5 Å². The Morgan fingerprint density at radius 1 is 1.50 bits per heavy atom. The van der Waals surface area contributed by atoms with Crippen molar-refractivity contribution in [1.29, 1.82) is 0 Å². The molecular formula is C8H10N6OS. The lowest BCUT2D eigenvalue weighted by atomic mass is 10.4. The average molecular weight is 238 g/mol. The van der Waals surface area contributed by atoms with Gasteiger partial charge in [0.05, 0.1) is 0 Å². The summed E-state index contributed by atoms with van der Waals surface area (Å²) in [6.45, 7) is 0.409. The Morgan fingerprint density at radius 2 is 2.19 bits per heavy atom. The molecule has 0 aromatic carbocycles. The zero-order valence-corrected chi connectivity index (χ0v) is 9.36. The smallest absolute Gasteiger partial charge is 0.326 e. The zero-order chi connectivity index (χ0) is 11.5. The molecule has 0 spiro atoms. The van der Waals surface area contributed by atoms with Crippen molar-refractivity contribution in [3.63, 3.8) is 0 Å². The van der Waals surface area contributed by atoms with Gasteiger partial charge in [-0.15, -0.1) is 5.10 Å². The van der Waals surface area contributed by atoms with E-state index in [0.29, 0.717) is 16.9 Å². The third-order valence-electron chi connectivity index (χ3n) is 1.94. The molecule has 2 rings (SSSR count). The molecule has 0 atom stereocenters. The van der Waals surface area contributed by atoms with Gasteiger partial charge in [-0.3, -0.25) is 4.57 Å². The van der Waals surface area contributed by atoms with Gasteiger partial charge in [0.15, 0.2) is 10.3 Å². The Hall–Kier alpha value is -1.67. The van der Waals surface area contributed by atoms with Crippen LogP contribution >= 0.6 is 11.8 Å². The number of nitrogens with two attached hydrogens (primary N) is 1. The van der Waals surface area contributed by atoms with E-state index >= 15 is 0 Å². The molecule has 0 bridgehead atoms. The second kappa shape index (κ2) is 4.45. The normalized spacial score (nSPS) is 10.6. The number of nitrogens with one attached hydrogen (secondary N) is 1. The van der Waals surface area contributed by atoms with Crippen LogP contribution in [0.4, 0.5) is 0 Å². The predicted molar refractivity (Wildman–Crippen MR) is 57.9 cm³/mol. The van der Waals surface area contributed by atoms with Crippen LogP contribution in [0, 0.1) is 0 Å². The van der Waals surface area contributed by atoms with Crippen LogP contribution in [-0.2, 0) is 13.6 Å². The van der Waals surface area contributed by atoms with Gasteiger partial charge < -0.3 is 5.73 Å². The molecule has 0 aliphatic heterocycles. The van der Waals surface area contributed by atoms with Gasteiger partial charge in [0.2, 0.25) is 0 Å². The molecule has 0 fully saturated rings. The highest BCUT2D eigenvalue weighted by Gasteiger charge is 2.07. The highest BCUT2D eigenvalue weighted by atomic mass is 32.2. The first-order chi connectivity index (χ1) is 7.70. The van der Waals surface area contributed by atoms with Crippen LogP contribution < -0.4 is 11.4 Å². The molecule has 0 saturated heterocycles. The summed E-state index contributed by atoms with van der Waals surface area (Å²) in [5, 5.41) is 7.22. The summed E-state index contributed by atoms with van der Waals surface area (Å²) in [5.41, 5.74) is 6.03. The largest absolute Gasteiger partial charge is 0.343 e. The minimum atomic E-state index is -0.263. The van der Waals surface area contributed by atoms with Gasteiger partial charge in [-0.25, -0.2) is 19.9 Å². The maximum atomic E-state index is 11.1. The van der Waals surface area contributed by atoms with Gasteiger partial charge in [-0.05, 0) is 11.8 Å². The molecule has 3 N–H and O–H groups in total. The molecule has 84 valence electrons. The first-order valence-electron chi connectivity index (χ1n) is 4.51. The van der Waals surface area contributed by atoms with Crippen molar-refractivity contribution in [3.05, 3.63) is 28.4 Å². The lowest BCUT2D eigenvalue weighted by Crippen LogP contribution is -2.12. The van der Waals surface area contributed by atoms with Gasteiger partial charge in [-0.1, -0.05) is 0 Å². The van der Waals surface area contributed by atoms with E-state index in [1.54, 1.807) is 19.4 Å². The van der Waals surface area contributed by atoms with E-state index < -0.39 is 0 Å². The van der Waals surface area contributed by atoms with E-state index in [2.05, 4.69) is 20.2 Å². The summed E-state index contributed by atoms with van der Waals surface area (Å²) in [4.78, 5) is 19.3. The van der Waals surface area contributed by atoms with Gasteiger partial charge in [-0.2, -0.15) is 0 Å². The monoisotopic (exact) mass is 238 g/mol. The second-order valence-electron chi connectivity index (χ2n) is 3.05. The van der Waals surface area contributed by atoms with Crippen LogP contribution in [0.3, 0.4) is 0 Å². The molecule has 0 aliphatic rings. The van der Waals surface area contributed by atoms with E-state index in [1.165, 1.54) is 16.3 Å². The molecule has 0 radical (unpaired) electrons. The molecule has 2 aromatic rings. The highest BCUT2D eigenvalue weighted by Crippen LogP contribution is 2.19. The number of nitrogens with zero attached hydrogens (tertiary/aromatic N) is 4. The summed E-state index contributed by atoms with van der Waals surface area (Å²) in [7, 11) is 1.63. The average Bonchev–Trinajstić information content (AvgIpc) is 2.62. The number of aromatic amines is 1. The zero-order valence-electron chi connectivity index (χ0n) is 8.54. The van der Waals surface area contributed by atoms with E-state index in [9.17, 15) is 4.79 Å². The number of rotatable bonds is 3. The Bertz CT molecular complexity index is 530. The fraction of sp³-hybridized carbons (Fsp3) is 0.250. The summed E-state index contributed by atoms with van der Waals surface area (Å²) in [6, 6.07) is 0. The van der Waals surface area contributed by atoms with Crippen LogP contribution in [0.1, 0.15) is 5.56 Å². The number of hydrogen-bond donors (Lipinski definition) is 2. The van der Waals surface area contributed by atoms with E-state index in [0.717, 1.165) is 5.56 Å². The standard InChI is InChI=1S/C8H10N6OS/c1-14-7(15)12-13-8(14)16-6-10-3-5(2-9)4-11-6/h3-4H,2,9H2,1H3,(H,12,15). The summed E-state index contributed by atoms with van der Waals surface area (Å²) < 4.78 is 1.39. The molecule has 0 aliphatic carbocycles. The number of hydrogen-bond acceptors (Lipinski definition) is 6. The summed E-state index contributed by atoms with van der Waals surface area (Å²) in [6.07, 6.45) is 3.31. The van der Waals surface area contributed by atoms with Gasteiger partial charge >= 0.3 is 5.69 Å². The lowest BCUT2D eigenvalue weighted by molar-refractivity contribution is 0.761. The summed E-state index contributed by atoms with van der Waals surface area (Å²) >= 11 is 1.21. The Kier molecular flexibility index (Phi) is 3.02. The number of H-pyrrole nitrogens is 1. The van der Waals surface area contributed by atoms with Crippen LogP contribution in [-0.4, -0.2) is 24.7 Å². The van der Waals surface area contributed by atoms with Crippen molar-refractivity contribution in [2.45, 2.75) is 16.9 Å². The first kappa shape index (κ1) is 10.8. The van der Waals surface area contributed by atoms with Crippen LogP contribution in [0.5, 0.6) is 0 Å². The van der Waals surface area contributed by atoms with Crippen molar-refractivity contribution in [2.75, 3.05) is 0 Å². The molecule has 7 nitrogen and oxygen atoms in total. The number of aromatic nitrogens is 5. The fourth-order valence-electron chi connectivity index (χ4n) is 1.01. The third kappa shape index (κ3) is 2.12. The Balaban J connectivity index is 2.20. The fourth-order valence-corrected chi connectivity index (χ4v) is 1.69. The predicted octanol–water partition coefficient (Wildman–Crippen LogP) is -0.492. The molecule has 2 aromatic heterocycles. The van der Waals surface area contributed by atoms with Crippen molar-refractivity contribution < 1.29 is 0 Å². The molecule has 0 unspecified atom stereocenters. The van der Waals surface area contributed by atoms with E-state index in [1.807, 2.05) is 0 Å². The van der Waals surface area contributed by atoms with Crippen molar-refractivity contribution in [3.8, 4) is 0 Å². The molecule has 8 heteroatoms. The maximum absolute atomic E-state index is 11.1. The molecule has 0 saturated carbocycles. The maximum Gasteiger partial charge on any atom is 0.343 e. The van der Waals surface area contributed by atoms with Crippen LogP contribution in [0.25, 0.3) is 0 Å². The van der Waals surface area contributed by atoms with Gasteiger partial charge in [0.1, 0.15) is 0 Å².